The molecule has 0 N–H and O–H groups in total. The molecule has 13 heavy (non-hydrogen) atoms. The molecule has 0 aliphatic heterocycles. The van der Waals surface area contributed by atoms with Crippen LogP contribution in [-0.2, 0) is 0 Å². The van der Waals surface area contributed by atoms with Crippen molar-refractivity contribution in [2.75, 3.05) is 0 Å². The van der Waals surface area contributed by atoms with E-state index in [2.05, 4.69) is 27.4 Å². The van der Waals surface area contributed by atoms with Gasteiger partial charge in [0.2, 0.25) is 0 Å². The number of halogens is 2. The Morgan fingerprint density at radius 1 is 1.69 bits per heavy atom. The molecule has 1 aromatic rings. The van der Waals surface area contributed by atoms with Crippen molar-refractivity contribution in [2.24, 2.45) is 4.99 Å². The van der Waals surface area contributed by atoms with Crippen LogP contribution in [0, 0.1) is 14.9 Å². The summed E-state index contributed by atoms with van der Waals surface area (Å²) in [6, 6.07) is 3.27. The second kappa shape index (κ2) is 4.97. The van der Waals surface area contributed by atoms with Crippen LogP contribution in [0.15, 0.2) is 17.3 Å². The Balaban J connectivity index is 3.22. The minimum absolute atomic E-state index is 0.124. The Kier molecular flexibility index (Phi) is 3.89. The van der Waals surface area contributed by atoms with Crippen molar-refractivity contribution in [2.45, 2.75) is 0 Å². The molecule has 66 valence electrons. The van der Waals surface area contributed by atoms with Gasteiger partial charge < -0.3 is 0 Å². The summed E-state index contributed by atoms with van der Waals surface area (Å²) < 4.78 is 12.8. The van der Waals surface area contributed by atoms with Gasteiger partial charge in [0, 0.05) is 0 Å². The zero-order chi connectivity index (χ0) is 9.68. The van der Waals surface area contributed by atoms with Gasteiger partial charge in [-0.05, 0) is 0 Å². The molecule has 6 heteroatoms. The maximum absolute atomic E-state index is 12.4. The number of hydrogen-bond acceptors (Lipinski definition) is 4. The van der Waals surface area contributed by atoms with Crippen molar-refractivity contribution < 1.29 is 24.6 Å². The standard InChI is InChI=1S/C7H2FIN3S/c8-9-6-1-5(12-4-13)3-11-7(6)2-10/h1,3H/q-1. The van der Waals surface area contributed by atoms with Gasteiger partial charge in [0.05, 0.1) is 0 Å². The third-order valence-electron chi connectivity index (χ3n) is 1.18. The zero-order valence-electron chi connectivity index (χ0n) is 6.16. The first kappa shape index (κ1) is 10.2. The van der Waals surface area contributed by atoms with E-state index in [0.717, 1.165) is 0 Å². The van der Waals surface area contributed by atoms with E-state index >= 15 is 0 Å². The van der Waals surface area contributed by atoms with Gasteiger partial charge >= 0.3 is 90.5 Å². The fourth-order valence-electron chi connectivity index (χ4n) is 0.678. The van der Waals surface area contributed by atoms with Crippen LogP contribution in [0.3, 0.4) is 0 Å². The Labute approximate surface area is 90.4 Å². The average molecular weight is 306 g/mol. The molecule has 0 saturated carbocycles. The normalized spacial score (nSPS) is 8.92. The van der Waals surface area contributed by atoms with Crippen molar-refractivity contribution >= 4 is 23.1 Å². The van der Waals surface area contributed by atoms with Crippen molar-refractivity contribution in [1.82, 2.24) is 4.98 Å². The van der Waals surface area contributed by atoms with E-state index in [4.69, 9.17) is 5.26 Å². The van der Waals surface area contributed by atoms with Crippen LogP contribution in [0.5, 0.6) is 0 Å². The Bertz CT molecular complexity index is 409. The summed E-state index contributed by atoms with van der Waals surface area (Å²) in [5.74, 6) is 0. The van der Waals surface area contributed by atoms with Crippen molar-refractivity contribution in [3.8, 4) is 6.07 Å². The molecule has 0 aromatic carbocycles. The molecule has 3 nitrogen and oxygen atoms in total. The minimum atomic E-state index is -1.65. The molecule has 0 atom stereocenters. The molecular formula is C7H2FIN3S-. The number of hydrogen-bond donors (Lipinski definition) is 0. The van der Waals surface area contributed by atoms with Crippen LogP contribution in [0.4, 0.5) is 8.55 Å². The molecular weight excluding hydrogens is 304 g/mol. The van der Waals surface area contributed by atoms with Gasteiger partial charge in [-0.3, -0.25) is 0 Å². The fraction of sp³-hybridized carbons (Fsp3) is 0. The van der Waals surface area contributed by atoms with E-state index in [1.807, 2.05) is 0 Å². The summed E-state index contributed by atoms with van der Waals surface area (Å²) in [5.41, 5.74) is 0.556. The van der Waals surface area contributed by atoms with E-state index in [0.29, 0.717) is 9.26 Å². The summed E-state index contributed by atoms with van der Waals surface area (Å²) in [6.07, 6.45) is 1.36. The van der Waals surface area contributed by atoms with Crippen LogP contribution in [0.2, 0.25) is 0 Å². The van der Waals surface area contributed by atoms with Crippen LogP contribution in [0.1, 0.15) is 5.69 Å². The van der Waals surface area contributed by atoms with Crippen molar-refractivity contribution in [1.29, 1.82) is 5.26 Å². The molecule has 0 aliphatic carbocycles. The summed E-state index contributed by atoms with van der Waals surface area (Å²) >= 11 is 2.73. The van der Waals surface area contributed by atoms with Gasteiger partial charge in [-0.1, -0.05) is 0 Å². The van der Waals surface area contributed by atoms with Crippen LogP contribution < -0.4 is 21.8 Å². The average Bonchev–Trinajstić information content (AvgIpc) is 2.18. The zero-order valence-corrected chi connectivity index (χ0v) is 9.13. The number of rotatable bonds is 2. The fourth-order valence-corrected chi connectivity index (χ4v) is 1.67. The van der Waals surface area contributed by atoms with E-state index in [1.54, 1.807) is 6.07 Å². The van der Waals surface area contributed by atoms with Crippen LogP contribution in [-0.4, -0.2) is 10.1 Å². The molecule has 0 saturated heterocycles. The van der Waals surface area contributed by atoms with Crippen LogP contribution in [0.25, 0.3) is 0 Å². The molecule has 0 spiro atoms. The number of aliphatic imine (C=N–C) groups is 1. The second-order valence-electron chi connectivity index (χ2n) is 1.91. The third-order valence-corrected chi connectivity index (χ3v) is 2.54. The number of pyridine rings is 1. The molecule has 1 rings (SSSR count). The molecule has 1 heterocycles. The molecule has 0 bridgehead atoms. The number of aromatic nitrogens is 1. The van der Waals surface area contributed by atoms with Gasteiger partial charge in [0.15, 0.2) is 0 Å². The van der Waals surface area contributed by atoms with Gasteiger partial charge in [-0.15, -0.1) is 0 Å². The van der Waals surface area contributed by atoms with Crippen molar-refractivity contribution in [3.05, 3.63) is 21.5 Å². The van der Waals surface area contributed by atoms with E-state index in [9.17, 15) is 2.86 Å². The predicted octanol–water partition coefficient (Wildman–Crippen LogP) is -1.17. The van der Waals surface area contributed by atoms with Gasteiger partial charge in [0.1, 0.15) is 0 Å². The number of isothiocyanates is 1. The van der Waals surface area contributed by atoms with Gasteiger partial charge in [0.25, 0.3) is 0 Å². The summed E-state index contributed by atoms with van der Waals surface area (Å²) in [4.78, 5) is 7.37. The Hall–Kier alpha value is -0.900. The molecule has 0 fully saturated rings. The van der Waals surface area contributed by atoms with Gasteiger partial charge in [-0.2, -0.15) is 0 Å². The number of nitriles is 1. The Morgan fingerprint density at radius 2 is 2.46 bits per heavy atom. The first-order valence-corrected chi connectivity index (χ1v) is 5.36. The summed E-state index contributed by atoms with van der Waals surface area (Å²) in [6.45, 7) is 0. The van der Waals surface area contributed by atoms with Crippen LogP contribution >= 0.6 is 12.2 Å². The predicted molar refractivity (Wildman–Crippen MR) is 43.4 cm³/mol. The topological polar surface area (TPSA) is 49.0 Å². The van der Waals surface area contributed by atoms with Crippen molar-refractivity contribution in [3.63, 3.8) is 0 Å². The number of nitrogens with zero attached hydrogens (tertiary/aromatic N) is 3. The Morgan fingerprint density at radius 3 is 3.00 bits per heavy atom. The SMILES string of the molecule is N#Cc1ncc(N=C=S)cc1[I-]F. The number of thiocarbonyl (C=S) groups is 1. The van der Waals surface area contributed by atoms with Gasteiger partial charge in [-0.25, -0.2) is 0 Å². The molecule has 0 amide bonds. The summed E-state index contributed by atoms with van der Waals surface area (Å²) in [7, 11) is 0. The molecule has 0 radical (unpaired) electrons. The maximum atomic E-state index is 12.4. The summed E-state index contributed by atoms with van der Waals surface area (Å²) in [5, 5.41) is 10.7. The molecule has 1 aromatic heterocycles. The molecule has 0 aliphatic rings. The monoisotopic (exact) mass is 306 g/mol. The van der Waals surface area contributed by atoms with E-state index in [1.165, 1.54) is 12.3 Å². The van der Waals surface area contributed by atoms with E-state index in [-0.39, 0.29) is 5.69 Å². The third kappa shape index (κ3) is 2.52. The first-order chi connectivity index (χ1) is 6.31. The first-order valence-electron chi connectivity index (χ1n) is 3.05. The van der Waals surface area contributed by atoms with E-state index < -0.39 is 21.8 Å². The quantitative estimate of drug-likeness (QED) is 0.393. The molecule has 0 unspecified atom stereocenters. The second-order valence-corrected chi connectivity index (χ2v) is 3.66.